The average Bonchev–Trinajstić information content (AvgIpc) is 2.77. The van der Waals surface area contributed by atoms with E-state index >= 15 is 0 Å². The monoisotopic (exact) mass is 380 g/mol. The molecule has 2 atom stereocenters. The summed E-state index contributed by atoms with van der Waals surface area (Å²) < 4.78 is 6.27. The van der Waals surface area contributed by atoms with Gasteiger partial charge in [-0.2, -0.15) is 0 Å². The fraction of sp³-hybridized carbons (Fsp3) is 0.333. The third-order valence-electron chi connectivity index (χ3n) is 5.61. The van der Waals surface area contributed by atoms with Gasteiger partial charge in [0.1, 0.15) is 11.7 Å². The van der Waals surface area contributed by atoms with E-state index in [0.717, 1.165) is 11.1 Å². The van der Waals surface area contributed by atoms with Crippen molar-refractivity contribution in [3.05, 3.63) is 96.1 Å². The largest absolute Gasteiger partial charge is 0.396 e. The van der Waals surface area contributed by atoms with Crippen molar-refractivity contribution in [3.63, 3.8) is 0 Å². The SMILES string of the molecule is COOC(CCO)C(c1ccccc1)(c1ccccc1)C1(OC)C=CC=CC1. The number of methoxy groups -OCH3 is 1. The first-order valence-electron chi connectivity index (χ1n) is 9.56. The highest BCUT2D eigenvalue weighted by Gasteiger charge is 2.58. The second kappa shape index (κ2) is 9.30. The molecule has 0 bridgehead atoms. The molecular formula is C24H28O4. The minimum atomic E-state index is -0.746. The molecule has 0 fully saturated rings. The van der Waals surface area contributed by atoms with Gasteiger partial charge in [0.05, 0.1) is 12.5 Å². The lowest BCUT2D eigenvalue weighted by Crippen LogP contribution is -2.60. The average molecular weight is 380 g/mol. The van der Waals surface area contributed by atoms with Crippen LogP contribution in [-0.2, 0) is 19.9 Å². The predicted molar refractivity (Wildman–Crippen MR) is 110 cm³/mol. The summed E-state index contributed by atoms with van der Waals surface area (Å²) in [5.41, 5.74) is 0.615. The Hall–Kier alpha value is -2.24. The van der Waals surface area contributed by atoms with E-state index in [1.165, 1.54) is 7.11 Å². The Balaban J connectivity index is 2.38. The van der Waals surface area contributed by atoms with Crippen molar-refractivity contribution >= 4 is 0 Å². The quantitative estimate of drug-likeness (QED) is 0.523. The van der Waals surface area contributed by atoms with Crippen LogP contribution in [0.1, 0.15) is 24.0 Å². The van der Waals surface area contributed by atoms with Crippen LogP contribution in [0, 0.1) is 0 Å². The number of aliphatic hydroxyl groups excluding tert-OH is 1. The van der Waals surface area contributed by atoms with Gasteiger partial charge in [0.2, 0.25) is 0 Å². The van der Waals surface area contributed by atoms with Crippen LogP contribution >= 0.6 is 0 Å². The van der Waals surface area contributed by atoms with Crippen LogP contribution in [0.5, 0.6) is 0 Å². The molecule has 2 unspecified atom stereocenters. The van der Waals surface area contributed by atoms with Crippen LogP contribution in [0.3, 0.4) is 0 Å². The van der Waals surface area contributed by atoms with Crippen molar-refractivity contribution < 1.29 is 19.6 Å². The maximum absolute atomic E-state index is 9.87. The lowest BCUT2D eigenvalue weighted by atomic mass is 9.57. The topological polar surface area (TPSA) is 47.9 Å². The van der Waals surface area contributed by atoms with Gasteiger partial charge in [-0.15, -0.1) is 0 Å². The minimum absolute atomic E-state index is 0.0329. The standard InChI is InChI=1S/C24H28O4/c1-26-23(17-10-5-11-18-23)24(20-12-6-3-7-13-20,21-14-8-4-9-15-21)22(16-19-25)28-27-2/h3-15,17,22,25H,16,18-19H2,1-2H3. The highest BCUT2D eigenvalue weighted by Crippen LogP contribution is 2.51. The predicted octanol–water partition coefficient (Wildman–Crippen LogP) is 4.20. The van der Waals surface area contributed by atoms with E-state index in [1.807, 2.05) is 48.6 Å². The Labute approximate surface area is 167 Å². The van der Waals surface area contributed by atoms with Crippen LogP contribution in [0.15, 0.2) is 85.0 Å². The molecule has 2 aromatic rings. The van der Waals surface area contributed by atoms with Crippen LogP contribution < -0.4 is 0 Å². The molecular weight excluding hydrogens is 352 g/mol. The molecule has 28 heavy (non-hydrogen) atoms. The van der Waals surface area contributed by atoms with Gasteiger partial charge in [0.15, 0.2) is 0 Å². The lowest BCUT2D eigenvalue weighted by Gasteiger charge is -2.52. The number of allylic oxidation sites excluding steroid dienone is 2. The Morgan fingerprint density at radius 3 is 2.00 bits per heavy atom. The van der Waals surface area contributed by atoms with Gasteiger partial charge in [0.25, 0.3) is 0 Å². The molecule has 1 aliphatic rings. The van der Waals surface area contributed by atoms with Crippen molar-refractivity contribution in [2.24, 2.45) is 0 Å². The van der Waals surface area contributed by atoms with Crippen LogP contribution in [0.2, 0.25) is 0 Å². The molecule has 3 rings (SSSR count). The van der Waals surface area contributed by atoms with E-state index in [0.29, 0.717) is 12.8 Å². The number of hydrogen-bond donors (Lipinski definition) is 1. The van der Waals surface area contributed by atoms with E-state index < -0.39 is 17.1 Å². The van der Waals surface area contributed by atoms with Crippen LogP contribution in [0.4, 0.5) is 0 Å². The maximum atomic E-state index is 9.87. The van der Waals surface area contributed by atoms with Gasteiger partial charge >= 0.3 is 0 Å². The zero-order valence-corrected chi connectivity index (χ0v) is 16.5. The summed E-state index contributed by atoms with van der Waals surface area (Å²) in [6.45, 7) is -0.0329. The van der Waals surface area contributed by atoms with Crippen LogP contribution in [-0.4, -0.2) is 37.6 Å². The van der Waals surface area contributed by atoms with Gasteiger partial charge in [-0.1, -0.05) is 85.0 Å². The van der Waals surface area contributed by atoms with Gasteiger partial charge in [-0.3, -0.25) is 0 Å². The molecule has 0 aliphatic heterocycles. The molecule has 0 amide bonds. The first-order valence-corrected chi connectivity index (χ1v) is 9.56. The normalized spacial score (nSPS) is 20.2. The number of hydrogen-bond acceptors (Lipinski definition) is 4. The molecule has 4 heteroatoms. The second-order valence-electron chi connectivity index (χ2n) is 6.89. The number of ether oxygens (including phenoxy) is 1. The summed E-state index contributed by atoms with van der Waals surface area (Å²) in [5.74, 6) is 0. The van der Waals surface area contributed by atoms with Crippen molar-refractivity contribution in [1.82, 2.24) is 0 Å². The van der Waals surface area contributed by atoms with Crippen molar-refractivity contribution in [2.75, 3.05) is 20.8 Å². The number of aliphatic hydroxyl groups is 1. The molecule has 0 spiro atoms. The van der Waals surface area contributed by atoms with E-state index in [2.05, 4.69) is 36.4 Å². The van der Waals surface area contributed by atoms with E-state index in [4.69, 9.17) is 14.5 Å². The van der Waals surface area contributed by atoms with Gasteiger partial charge in [-0.05, 0) is 17.5 Å². The summed E-state index contributed by atoms with van der Waals surface area (Å²) in [7, 11) is 3.23. The Bertz CT molecular complexity index is 739. The number of benzene rings is 2. The summed E-state index contributed by atoms with van der Waals surface area (Å²) >= 11 is 0. The van der Waals surface area contributed by atoms with Gasteiger partial charge in [-0.25, -0.2) is 9.78 Å². The molecule has 1 aliphatic carbocycles. The van der Waals surface area contributed by atoms with Gasteiger partial charge in [0, 0.05) is 20.1 Å². The second-order valence-corrected chi connectivity index (χ2v) is 6.89. The summed E-state index contributed by atoms with van der Waals surface area (Å²) in [4.78, 5) is 11.0. The fourth-order valence-corrected chi connectivity index (χ4v) is 4.48. The van der Waals surface area contributed by atoms with E-state index in [1.54, 1.807) is 7.11 Å². The molecule has 148 valence electrons. The zero-order chi connectivity index (χ0) is 19.9. The summed E-state index contributed by atoms with van der Waals surface area (Å²) in [6, 6.07) is 20.4. The molecule has 2 aromatic carbocycles. The smallest absolute Gasteiger partial charge is 0.112 e. The molecule has 0 heterocycles. The first-order chi connectivity index (χ1) is 13.7. The fourth-order valence-electron chi connectivity index (χ4n) is 4.48. The first kappa shape index (κ1) is 20.5. The molecule has 4 nitrogen and oxygen atoms in total. The molecule has 0 aromatic heterocycles. The van der Waals surface area contributed by atoms with Crippen molar-refractivity contribution in [1.29, 1.82) is 0 Å². The lowest BCUT2D eigenvalue weighted by molar-refractivity contribution is -0.326. The maximum Gasteiger partial charge on any atom is 0.112 e. The minimum Gasteiger partial charge on any atom is -0.396 e. The van der Waals surface area contributed by atoms with Crippen LogP contribution in [0.25, 0.3) is 0 Å². The molecule has 1 N–H and O–H groups in total. The number of rotatable bonds is 9. The summed E-state index contributed by atoms with van der Waals surface area (Å²) in [6.07, 6.45) is 8.80. The summed E-state index contributed by atoms with van der Waals surface area (Å²) in [5, 5.41) is 9.87. The molecule has 0 saturated heterocycles. The third-order valence-corrected chi connectivity index (χ3v) is 5.61. The third kappa shape index (κ3) is 3.45. The zero-order valence-electron chi connectivity index (χ0n) is 16.5. The Kier molecular flexibility index (Phi) is 6.81. The van der Waals surface area contributed by atoms with Crippen molar-refractivity contribution in [3.8, 4) is 0 Å². The highest BCUT2D eigenvalue weighted by molar-refractivity contribution is 5.49. The van der Waals surface area contributed by atoms with E-state index in [-0.39, 0.29) is 6.61 Å². The van der Waals surface area contributed by atoms with Gasteiger partial charge < -0.3 is 9.84 Å². The van der Waals surface area contributed by atoms with E-state index in [9.17, 15) is 5.11 Å². The highest BCUT2D eigenvalue weighted by atomic mass is 17.2. The molecule has 0 saturated carbocycles. The Morgan fingerprint density at radius 2 is 1.57 bits per heavy atom. The molecule has 0 radical (unpaired) electrons. The van der Waals surface area contributed by atoms with Crippen molar-refractivity contribution in [2.45, 2.75) is 30.0 Å². The Morgan fingerprint density at radius 1 is 0.964 bits per heavy atom.